The van der Waals surface area contributed by atoms with E-state index in [2.05, 4.69) is 15.5 Å². The molecule has 0 aromatic carbocycles. The molecular weight excluding hydrogens is 234 g/mol. The van der Waals surface area contributed by atoms with Gasteiger partial charge in [0.25, 0.3) is 0 Å². The fraction of sp³-hybridized carbons (Fsp3) is 0.444. The van der Waals surface area contributed by atoms with Crippen LogP contribution in [-0.4, -0.2) is 40.0 Å². The van der Waals surface area contributed by atoms with Gasteiger partial charge in [-0.05, 0) is 12.1 Å². The van der Waals surface area contributed by atoms with E-state index in [0.29, 0.717) is 18.8 Å². The monoisotopic (exact) mass is 243 g/mol. The number of carbonyl (C=O) groups is 1. The SMILES string of the molecule is O=C(O)C1(Nc2ccc(Cl)nn2)CCOC1. The summed E-state index contributed by atoms with van der Waals surface area (Å²) >= 11 is 5.58. The predicted molar refractivity (Wildman–Crippen MR) is 56.5 cm³/mol. The molecule has 0 spiro atoms. The van der Waals surface area contributed by atoms with Gasteiger partial charge in [0.1, 0.15) is 5.82 Å². The molecular formula is C9H10ClN3O3. The van der Waals surface area contributed by atoms with Gasteiger partial charge >= 0.3 is 5.97 Å². The third-order valence-electron chi connectivity index (χ3n) is 2.43. The van der Waals surface area contributed by atoms with Crippen LogP contribution in [0.5, 0.6) is 0 Å². The summed E-state index contributed by atoms with van der Waals surface area (Å²) in [5.74, 6) is -0.584. The molecule has 1 aromatic heterocycles. The number of rotatable bonds is 3. The second-order valence-electron chi connectivity index (χ2n) is 3.56. The third kappa shape index (κ3) is 2.07. The summed E-state index contributed by atoms with van der Waals surface area (Å²) in [6.45, 7) is 0.535. The molecule has 1 atom stereocenters. The van der Waals surface area contributed by atoms with E-state index in [1.165, 1.54) is 0 Å². The van der Waals surface area contributed by atoms with Crippen molar-refractivity contribution in [3.05, 3.63) is 17.3 Å². The van der Waals surface area contributed by atoms with Crippen molar-refractivity contribution >= 4 is 23.4 Å². The van der Waals surface area contributed by atoms with Crippen molar-refractivity contribution in [1.82, 2.24) is 10.2 Å². The minimum Gasteiger partial charge on any atom is -0.479 e. The van der Waals surface area contributed by atoms with Gasteiger partial charge in [0.2, 0.25) is 0 Å². The van der Waals surface area contributed by atoms with Crippen LogP contribution >= 0.6 is 11.6 Å². The maximum absolute atomic E-state index is 11.2. The number of nitrogens with one attached hydrogen (secondary N) is 1. The number of aliphatic carboxylic acids is 1. The fourth-order valence-corrected chi connectivity index (χ4v) is 1.61. The van der Waals surface area contributed by atoms with Crippen LogP contribution in [-0.2, 0) is 9.53 Å². The minimum absolute atomic E-state index is 0.118. The van der Waals surface area contributed by atoms with E-state index in [1.54, 1.807) is 12.1 Å². The maximum Gasteiger partial charge on any atom is 0.331 e. The average Bonchev–Trinajstić information content (AvgIpc) is 2.71. The number of hydrogen-bond donors (Lipinski definition) is 2. The Kier molecular flexibility index (Phi) is 2.93. The Hall–Kier alpha value is -1.40. The number of aromatic nitrogens is 2. The molecule has 86 valence electrons. The van der Waals surface area contributed by atoms with E-state index in [9.17, 15) is 4.79 Å². The molecule has 1 aromatic rings. The lowest BCUT2D eigenvalue weighted by molar-refractivity contribution is -0.142. The third-order valence-corrected chi connectivity index (χ3v) is 2.63. The summed E-state index contributed by atoms with van der Waals surface area (Å²) in [5.41, 5.74) is -1.11. The lowest BCUT2D eigenvalue weighted by atomic mass is 9.99. The Morgan fingerprint density at radius 3 is 2.88 bits per heavy atom. The number of hydrogen-bond acceptors (Lipinski definition) is 5. The molecule has 0 amide bonds. The first-order valence-electron chi connectivity index (χ1n) is 4.71. The molecule has 1 saturated heterocycles. The fourth-order valence-electron chi connectivity index (χ4n) is 1.51. The number of carboxylic acid groups (broad SMARTS) is 1. The van der Waals surface area contributed by atoms with Crippen LogP contribution in [0.1, 0.15) is 6.42 Å². The van der Waals surface area contributed by atoms with Gasteiger partial charge in [-0.3, -0.25) is 0 Å². The molecule has 16 heavy (non-hydrogen) atoms. The first-order valence-corrected chi connectivity index (χ1v) is 5.09. The zero-order valence-electron chi connectivity index (χ0n) is 8.31. The summed E-state index contributed by atoms with van der Waals surface area (Å²) in [6.07, 6.45) is 0.395. The van der Waals surface area contributed by atoms with Crippen molar-refractivity contribution in [2.45, 2.75) is 12.0 Å². The number of ether oxygens (including phenoxy) is 1. The Morgan fingerprint density at radius 1 is 1.56 bits per heavy atom. The highest BCUT2D eigenvalue weighted by molar-refractivity contribution is 6.29. The number of carboxylic acids is 1. The van der Waals surface area contributed by atoms with Gasteiger partial charge in [0.15, 0.2) is 10.7 Å². The van der Waals surface area contributed by atoms with Gasteiger partial charge < -0.3 is 15.2 Å². The molecule has 2 heterocycles. The van der Waals surface area contributed by atoms with Crippen molar-refractivity contribution in [3.8, 4) is 0 Å². The molecule has 7 heteroatoms. The van der Waals surface area contributed by atoms with E-state index >= 15 is 0 Å². The molecule has 1 aliphatic rings. The van der Waals surface area contributed by atoms with Crippen LogP contribution in [0.2, 0.25) is 5.15 Å². The second kappa shape index (κ2) is 4.23. The Bertz CT molecular complexity index is 389. The van der Waals surface area contributed by atoms with Crippen molar-refractivity contribution in [3.63, 3.8) is 0 Å². The number of nitrogens with zero attached hydrogens (tertiary/aromatic N) is 2. The highest BCUT2D eigenvalue weighted by Crippen LogP contribution is 2.23. The zero-order valence-corrected chi connectivity index (χ0v) is 9.07. The Balaban J connectivity index is 2.18. The highest BCUT2D eigenvalue weighted by Gasteiger charge is 2.42. The van der Waals surface area contributed by atoms with E-state index in [1.807, 2.05) is 0 Å². The molecule has 0 bridgehead atoms. The smallest absolute Gasteiger partial charge is 0.331 e. The summed E-state index contributed by atoms with van der Waals surface area (Å²) in [7, 11) is 0. The van der Waals surface area contributed by atoms with Crippen molar-refractivity contribution in [2.24, 2.45) is 0 Å². The largest absolute Gasteiger partial charge is 0.479 e. The van der Waals surface area contributed by atoms with Crippen molar-refractivity contribution < 1.29 is 14.6 Å². The molecule has 0 aliphatic carbocycles. The van der Waals surface area contributed by atoms with Crippen LogP contribution in [0.25, 0.3) is 0 Å². The number of anilines is 1. The van der Waals surface area contributed by atoms with Gasteiger partial charge in [0.05, 0.1) is 6.61 Å². The topological polar surface area (TPSA) is 84.3 Å². The van der Waals surface area contributed by atoms with Gasteiger partial charge in [0, 0.05) is 13.0 Å². The Morgan fingerprint density at radius 2 is 2.38 bits per heavy atom. The molecule has 1 aliphatic heterocycles. The normalized spacial score (nSPS) is 24.3. The van der Waals surface area contributed by atoms with Gasteiger partial charge in [-0.15, -0.1) is 10.2 Å². The average molecular weight is 244 g/mol. The molecule has 2 N–H and O–H groups in total. The molecule has 1 fully saturated rings. The predicted octanol–water partition coefficient (Wildman–Crippen LogP) is 0.786. The van der Waals surface area contributed by atoms with Gasteiger partial charge in [-0.1, -0.05) is 11.6 Å². The lowest BCUT2D eigenvalue weighted by Crippen LogP contribution is -2.47. The van der Waals surface area contributed by atoms with Crippen LogP contribution in [0.4, 0.5) is 5.82 Å². The van der Waals surface area contributed by atoms with Crippen LogP contribution in [0.3, 0.4) is 0 Å². The first kappa shape index (κ1) is 11.1. The van der Waals surface area contributed by atoms with Crippen molar-refractivity contribution in [2.75, 3.05) is 18.5 Å². The summed E-state index contributed by atoms with van der Waals surface area (Å²) in [4.78, 5) is 11.2. The van der Waals surface area contributed by atoms with Crippen LogP contribution < -0.4 is 5.32 Å². The lowest BCUT2D eigenvalue weighted by Gasteiger charge is -2.23. The van der Waals surface area contributed by atoms with Crippen LogP contribution in [0.15, 0.2) is 12.1 Å². The summed E-state index contributed by atoms with van der Waals surface area (Å²) in [5, 5.41) is 19.6. The van der Waals surface area contributed by atoms with E-state index in [4.69, 9.17) is 21.4 Å². The number of halogens is 1. The molecule has 1 unspecified atom stereocenters. The zero-order chi connectivity index (χ0) is 11.6. The maximum atomic E-state index is 11.2. The van der Waals surface area contributed by atoms with Crippen molar-refractivity contribution in [1.29, 1.82) is 0 Å². The highest BCUT2D eigenvalue weighted by atomic mass is 35.5. The standard InChI is InChI=1S/C9H10ClN3O3/c10-6-1-2-7(13-12-6)11-9(8(14)15)3-4-16-5-9/h1-2H,3-5H2,(H,11,13)(H,14,15). The molecule has 0 radical (unpaired) electrons. The van der Waals surface area contributed by atoms with Crippen LogP contribution in [0, 0.1) is 0 Å². The minimum atomic E-state index is -1.11. The Labute approximate surface area is 96.6 Å². The summed E-state index contributed by atoms with van der Waals surface area (Å²) < 4.78 is 5.10. The molecule has 2 rings (SSSR count). The van der Waals surface area contributed by atoms with Gasteiger partial charge in [-0.25, -0.2) is 4.79 Å². The quantitative estimate of drug-likeness (QED) is 0.816. The molecule has 0 saturated carbocycles. The van der Waals surface area contributed by atoms with E-state index in [-0.39, 0.29) is 11.8 Å². The summed E-state index contributed by atoms with van der Waals surface area (Å²) in [6, 6.07) is 3.13. The second-order valence-corrected chi connectivity index (χ2v) is 3.94. The van der Waals surface area contributed by atoms with Gasteiger partial charge in [-0.2, -0.15) is 0 Å². The first-order chi connectivity index (χ1) is 7.62. The molecule has 6 nitrogen and oxygen atoms in total. The van der Waals surface area contributed by atoms with E-state index < -0.39 is 11.5 Å². The van der Waals surface area contributed by atoms with E-state index in [0.717, 1.165) is 0 Å².